The second-order valence-corrected chi connectivity index (χ2v) is 11.6. The van der Waals surface area contributed by atoms with Crippen LogP contribution in [-0.2, 0) is 6.54 Å². The van der Waals surface area contributed by atoms with Gasteiger partial charge in [0.05, 0.1) is 24.3 Å². The number of unbranched alkanes of at least 4 members (excludes halogenated alkanes) is 11. The highest BCUT2D eigenvalue weighted by Gasteiger charge is 2.12. The highest BCUT2D eigenvalue weighted by atomic mass is 79.9. The van der Waals surface area contributed by atoms with Crippen molar-refractivity contribution in [2.75, 3.05) is 24.4 Å². The molecule has 1 aromatic heterocycles. The summed E-state index contributed by atoms with van der Waals surface area (Å²) in [7, 11) is 1.63. The van der Waals surface area contributed by atoms with E-state index in [0.717, 1.165) is 30.6 Å². The largest absolute Gasteiger partial charge is 1.00 e. The Balaban J connectivity index is 0.00000588. The number of carbonyl (C=O) groups is 1. The SMILES string of the molecule is CCCCCCCCCCCCCCOc1cc(OC)ccc1NC(=O)Nc1cccc(C[n+]2csc(C)c2)c1.[Br-]. The number of benzene rings is 2. The molecule has 3 aromatic rings. The molecular formula is C33H48BrN3O3S. The number of nitrogens with zero attached hydrogens (tertiary/aromatic N) is 1. The molecule has 0 aliphatic carbocycles. The van der Waals surface area contributed by atoms with E-state index in [1.165, 1.54) is 69.1 Å². The highest BCUT2D eigenvalue weighted by Crippen LogP contribution is 2.30. The molecule has 0 aliphatic heterocycles. The quantitative estimate of drug-likeness (QED) is 0.122. The third-order valence-corrected chi connectivity index (χ3v) is 7.82. The van der Waals surface area contributed by atoms with Crippen molar-refractivity contribution < 1.29 is 35.8 Å². The molecule has 2 amide bonds. The summed E-state index contributed by atoms with van der Waals surface area (Å²) in [6, 6.07) is 13.1. The van der Waals surface area contributed by atoms with Crippen molar-refractivity contribution >= 4 is 28.7 Å². The minimum Gasteiger partial charge on any atom is -1.00 e. The molecule has 0 radical (unpaired) electrons. The first-order valence-corrected chi connectivity index (χ1v) is 15.9. The molecule has 0 spiro atoms. The first-order chi connectivity index (χ1) is 19.6. The standard InChI is InChI=1S/C33H47N3O3S.BrH/c1-4-5-6-7-8-9-10-11-12-13-14-15-21-39-32-23-30(38-3)19-20-31(32)35-33(37)34-29-18-16-17-28(22-29)25-36-24-27(2)40-26-36;/h16-20,22-24,26H,4-15,21,25H2,1-3H3,(H-,34,35,37);1H. The third-order valence-electron chi connectivity index (χ3n) is 6.96. The third kappa shape index (κ3) is 13.8. The van der Waals surface area contributed by atoms with Crippen LogP contribution < -0.4 is 41.7 Å². The molecule has 3 rings (SSSR count). The van der Waals surface area contributed by atoms with Crippen LogP contribution >= 0.6 is 11.3 Å². The van der Waals surface area contributed by atoms with Crippen LogP contribution in [0.1, 0.15) is 94.4 Å². The smallest absolute Gasteiger partial charge is 0.323 e. The Morgan fingerprint density at radius 1 is 0.878 bits per heavy atom. The summed E-state index contributed by atoms with van der Waals surface area (Å²) in [5.41, 5.74) is 4.59. The lowest BCUT2D eigenvalue weighted by molar-refractivity contribution is -0.683. The molecule has 0 saturated carbocycles. The lowest BCUT2D eigenvalue weighted by atomic mass is 10.1. The summed E-state index contributed by atoms with van der Waals surface area (Å²) in [6.07, 6.45) is 17.8. The van der Waals surface area contributed by atoms with Crippen LogP contribution in [0.4, 0.5) is 16.2 Å². The van der Waals surface area contributed by atoms with Crippen LogP contribution in [0.5, 0.6) is 11.5 Å². The molecule has 8 heteroatoms. The average Bonchev–Trinajstić information content (AvgIpc) is 3.36. The molecule has 0 saturated heterocycles. The Morgan fingerprint density at radius 3 is 2.20 bits per heavy atom. The number of thiazole rings is 1. The van der Waals surface area contributed by atoms with E-state index in [2.05, 4.69) is 46.8 Å². The van der Waals surface area contributed by atoms with Gasteiger partial charge >= 0.3 is 6.03 Å². The van der Waals surface area contributed by atoms with E-state index in [1.54, 1.807) is 18.4 Å². The summed E-state index contributed by atoms with van der Waals surface area (Å²) in [5, 5.41) is 5.90. The van der Waals surface area contributed by atoms with E-state index in [4.69, 9.17) is 9.47 Å². The van der Waals surface area contributed by atoms with Crippen molar-refractivity contribution in [2.45, 2.75) is 97.4 Å². The van der Waals surface area contributed by atoms with Gasteiger partial charge in [-0.2, -0.15) is 4.57 Å². The Morgan fingerprint density at radius 2 is 1.56 bits per heavy atom. The zero-order valence-electron chi connectivity index (χ0n) is 25.1. The molecular weight excluding hydrogens is 598 g/mol. The summed E-state index contributed by atoms with van der Waals surface area (Å²) in [6.45, 7) is 5.74. The first-order valence-electron chi connectivity index (χ1n) is 15.0. The zero-order valence-corrected chi connectivity index (χ0v) is 27.5. The fourth-order valence-electron chi connectivity index (χ4n) is 4.75. The Kier molecular flexibility index (Phi) is 17.2. The van der Waals surface area contributed by atoms with E-state index >= 15 is 0 Å². The monoisotopic (exact) mass is 645 g/mol. The molecule has 0 fully saturated rings. The number of halogens is 1. The number of aromatic nitrogens is 1. The van der Waals surface area contributed by atoms with Gasteiger partial charge in [0.15, 0.2) is 12.7 Å². The first kappa shape index (κ1) is 34.6. The van der Waals surface area contributed by atoms with Gasteiger partial charge < -0.3 is 37.1 Å². The predicted octanol–water partition coefficient (Wildman–Crippen LogP) is 6.13. The van der Waals surface area contributed by atoms with Crippen molar-refractivity contribution in [2.24, 2.45) is 0 Å². The number of anilines is 2. The normalized spacial score (nSPS) is 10.6. The molecule has 0 unspecified atom stereocenters. The van der Waals surface area contributed by atoms with Crippen LogP contribution in [0.25, 0.3) is 0 Å². The number of urea groups is 1. The lowest BCUT2D eigenvalue weighted by Crippen LogP contribution is -3.00. The van der Waals surface area contributed by atoms with Crippen LogP contribution in [0.2, 0.25) is 0 Å². The number of ether oxygens (including phenoxy) is 2. The fraction of sp³-hybridized carbons (Fsp3) is 0.515. The summed E-state index contributed by atoms with van der Waals surface area (Å²) >= 11 is 1.72. The Labute approximate surface area is 261 Å². The molecule has 0 atom stereocenters. The van der Waals surface area contributed by atoms with Gasteiger partial charge in [0.1, 0.15) is 11.5 Å². The maximum Gasteiger partial charge on any atom is 0.323 e. The van der Waals surface area contributed by atoms with Crippen LogP contribution in [0.15, 0.2) is 54.2 Å². The second kappa shape index (κ2) is 20.3. The van der Waals surface area contributed by atoms with Crippen molar-refractivity contribution in [3.63, 3.8) is 0 Å². The van der Waals surface area contributed by atoms with E-state index in [1.807, 2.05) is 36.4 Å². The Bertz CT molecular complexity index is 1150. The number of hydrogen-bond acceptors (Lipinski definition) is 4. The van der Waals surface area contributed by atoms with Gasteiger partial charge in [0.2, 0.25) is 5.51 Å². The molecule has 226 valence electrons. The number of nitrogens with one attached hydrogen (secondary N) is 2. The fourth-order valence-corrected chi connectivity index (χ4v) is 5.38. The highest BCUT2D eigenvalue weighted by molar-refractivity contribution is 7.09. The Hall–Kier alpha value is -2.58. The van der Waals surface area contributed by atoms with Crippen LogP contribution in [0, 0.1) is 6.92 Å². The van der Waals surface area contributed by atoms with Crippen molar-refractivity contribution in [3.8, 4) is 11.5 Å². The maximum atomic E-state index is 12.8. The van der Waals surface area contributed by atoms with Gasteiger partial charge in [-0.25, -0.2) is 4.79 Å². The number of amides is 2. The van der Waals surface area contributed by atoms with Gasteiger partial charge in [0.25, 0.3) is 0 Å². The van der Waals surface area contributed by atoms with Crippen molar-refractivity contribution in [1.29, 1.82) is 0 Å². The lowest BCUT2D eigenvalue weighted by Gasteiger charge is -2.15. The van der Waals surface area contributed by atoms with Crippen LogP contribution in [0.3, 0.4) is 0 Å². The van der Waals surface area contributed by atoms with E-state index in [-0.39, 0.29) is 23.0 Å². The molecule has 0 aliphatic rings. The van der Waals surface area contributed by atoms with Crippen molar-refractivity contribution in [3.05, 3.63) is 64.6 Å². The molecule has 2 N–H and O–H groups in total. The van der Waals surface area contributed by atoms with Gasteiger partial charge in [0, 0.05) is 17.3 Å². The van der Waals surface area contributed by atoms with Gasteiger partial charge in [-0.15, -0.1) is 0 Å². The van der Waals surface area contributed by atoms with Gasteiger partial charge in [-0.3, -0.25) is 0 Å². The van der Waals surface area contributed by atoms with E-state index < -0.39 is 0 Å². The molecule has 2 aromatic carbocycles. The van der Waals surface area contributed by atoms with Gasteiger partial charge in [-0.05, 0) is 37.6 Å². The number of aryl methyl sites for hydroxylation is 1. The number of carbonyl (C=O) groups excluding carboxylic acids is 1. The zero-order chi connectivity index (χ0) is 28.4. The number of hydrogen-bond donors (Lipinski definition) is 2. The summed E-state index contributed by atoms with van der Waals surface area (Å²) < 4.78 is 13.6. The predicted molar refractivity (Wildman–Crippen MR) is 167 cm³/mol. The minimum absolute atomic E-state index is 0. The second-order valence-electron chi connectivity index (χ2n) is 10.5. The molecule has 0 bridgehead atoms. The summed E-state index contributed by atoms with van der Waals surface area (Å²) in [4.78, 5) is 14.1. The number of rotatable bonds is 19. The number of methoxy groups -OCH3 is 1. The van der Waals surface area contributed by atoms with Crippen molar-refractivity contribution in [1.82, 2.24) is 0 Å². The van der Waals surface area contributed by atoms with Crippen LogP contribution in [-0.4, -0.2) is 19.7 Å². The minimum atomic E-state index is -0.309. The maximum absolute atomic E-state index is 12.8. The molecule has 1 heterocycles. The van der Waals surface area contributed by atoms with E-state index in [9.17, 15) is 4.79 Å². The average molecular weight is 647 g/mol. The molecule has 6 nitrogen and oxygen atoms in total. The van der Waals surface area contributed by atoms with Gasteiger partial charge in [-0.1, -0.05) is 101 Å². The van der Waals surface area contributed by atoms with E-state index in [0.29, 0.717) is 23.8 Å². The molecule has 41 heavy (non-hydrogen) atoms. The topological polar surface area (TPSA) is 63.5 Å². The summed E-state index contributed by atoms with van der Waals surface area (Å²) in [5.74, 6) is 1.32.